The van der Waals surface area contributed by atoms with E-state index in [0.29, 0.717) is 6.42 Å². The second-order valence-corrected chi connectivity index (χ2v) is 8.58. The summed E-state index contributed by atoms with van der Waals surface area (Å²) in [5, 5.41) is 2.88. The summed E-state index contributed by atoms with van der Waals surface area (Å²) in [6.07, 6.45) is 0.539. The van der Waals surface area contributed by atoms with Crippen LogP contribution in [0.25, 0.3) is 0 Å². The van der Waals surface area contributed by atoms with Crippen molar-refractivity contribution in [3.63, 3.8) is 0 Å². The van der Waals surface area contributed by atoms with E-state index in [1.807, 2.05) is 40.7 Å². The molecule has 124 valence electrons. The number of aryl methyl sites for hydroxylation is 2. The molecule has 1 atom stereocenters. The van der Waals surface area contributed by atoms with Gasteiger partial charge >= 0.3 is 0 Å². The second kappa shape index (κ2) is 6.79. The topological polar surface area (TPSA) is 75.3 Å². The maximum absolute atomic E-state index is 12.4. The third-order valence-electron chi connectivity index (χ3n) is 3.22. The van der Waals surface area contributed by atoms with Crippen LogP contribution in [0.15, 0.2) is 23.1 Å². The number of rotatable bonds is 5. The Bertz CT molecular complexity index is 626. The van der Waals surface area contributed by atoms with E-state index in [4.69, 9.17) is 0 Å². The fourth-order valence-electron chi connectivity index (χ4n) is 2.29. The van der Waals surface area contributed by atoms with E-state index < -0.39 is 22.0 Å². The van der Waals surface area contributed by atoms with E-state index in [2.05, 4.69) is 10.0 Å². The van der Waals surface area contributed by atoms with Crippen molar-refractivity contribution in [1.82, 2.24) is 10.0 Å². The zero-order valence-corrected chi connectivity index (χ0v) is 15.0. The Labute approximate surface area is 133 Å². The highest BCUT2D eigenvalue weighted by Gasteiger charge is 2.27. The lowest BCUT2D eigenvalue weighted by Crippen LogP contribution is -2.46. The van der Waals surface area contributed by atoms with Crippen molar-refractivity contribution in [3.8, 4) is 0 Å². The van der Waals surface area contributed by atoms with E-state index in [-0.39, 0.29) is 10.3 Å². The Morgan fingerprint density at radius 1 is 1.14 bits per heavy atom. The molecule has 0 heterocycles. The molecule has 0 aliphatic rings. The van der Waals surface area contributed by atoms with Crippen LogP contribution in [0.5, 0.6) is 0 Å². The van der Waals surface area contributed by atoms with Crippen LogP contribution in [0.3, 0.4) is 0 Å². The Balaban J connectivity index is 2.98. The molecule has 22 heavy (non-hydrogen) atoms. The van der Waals surface area contributed by atoms with Gasteiger partial charge in [-0.05, 0) is 56.0 Å². The number of amides is 1. The zero-order chi connectivity index (χ0) is 17.1. The lowest BCUT2D eigenvalue weighted by molar-refractivity contribution is -0.121. The van der Waals surface area contributed by atoms with Crippen LogP contribution in [0.4, 0.5) is 0 Å². The molecule has 1 amide bonds. The SMILES string of the molecule is CNC(CC(C)(C)C)C(=O)NS(=O)(=O)c1cc(C)cc(C)c1. The third kappa shape index (κ3) is 5.42. The van der Waals surface area contributed by atoms with Gasteiger partial charge in [0.1, 0.15) is 0 Å². The van der Waals surface area contributed by atoms with Crippen molar-refractivity contribution >= 4 is 15.9 Å². The normalized spacial score (nSPS) is 13.7. The standard InChI is InChI=1S/C16H26N2O3S/c1-11-7-12(2)9-13(8-11)22(20,21)18-15(19)14(17-6)10-16(3,4)5/h7-9,14,17H,10H2,1-6H3,(H,18,19). The highest BCUT2D eigenvalue weighted by Crippen LogP contribution is 2.21. The van der Waals surface area contributed by atoms with Crippen LogP contribution in [0, 0.1) is 19.3 Å². The summed E-state index contributed by atoms with van der Waals surface area (Å²) in [5.74, 6) is -0.531. The Kier molecular flexibility index (Phi) is 5.76. The summed E-state index contributed by atoms with van der Waals surface area (Å²) >= 11 is 0. The molecule has 0 radical (unpaired) electrons. The molecule has 2 N–H and O–H groups in total. The van der Waals surface area contributed by atoms with Gasteiger partial charge in [-0.15, -0.1) is 0 Å². The maximum Gasteiger partial charge on any atom is 0.264 e. The van der Waals surface area contributed by atoms with E-state index in [1.165, 1.54) is 0 Å². The summed E-state index contributed by atoms with van der Waals surface area (Å²) in [5.41, 5.74) is 1.59. The molecule has 0 aliphatic carbocycles. The molecule has 0 fully saturated rings. The van der Waals surface area contributed by atoms with Crippen molar-refractivity contribution in [1.29, 1.82) is 0 Å². The van der Waals surface area contributed by atoms with Gasteiger partial charge in [-0.2, -0.15) is 0 Å². The van der Waals surface area contributed by atoms with E-state index in [9.17, 15) is 13.2 Å². The van der Waals surface area contributed by atoms with Crippen molar-refractivity contribution in [2.24, 2.45) is 5.41 Å². The predicted molar refractivity (Wildman–Crippen MR) is 88.2 cm³/mol. The molecule has 6 heteroatoms. The van der Waals surface area contributed by atoms with Crippen LogP contribution in [-0.2, 0) is 14.8 Å². The first-order chi connectivity index (χ1) is 9.94. The molecule has 0 aliphatic heterocycles. The highest BCUT2D eigenvalue weighted by atomic mass is 32.2. The van der Waals surface area contributed by atoms with Crippen molar-refractivity contribution in [3.05, 3.63) is 29.3 Å². The number of hydrogen-bond acceptors (Lipinski definition) is 4. The minimum atomic E-state index is -3.85. The minimum Gasteiger partial charge on any atom is -0.309 e. The van der Waals surface area contributed by atoms with Crippen LogP contribution in [-0.4, -0.2) is 27.4 Å². The summed E-state index contributed by atoms with van der Waals surface area (Å²) < 4.78 is 26.9. The number of carbonyl (C=O) groups excluding carboxylic acids is 1. The number of carbonyl (C=O) groups is 1. The fourth-order valence-corrected chi connectivity index (χ4v) is 3.50. The van der Waals surface area contributed by atoms with Gasteiger partial charge in [0.25, 0.3) is 15.9 Å². The van der Waals surface area contributed by atoms with E-state index in [0.717, 1.165) is 11.1 Å². The molecule has 1 rings (SSSR count). The molecular weight excluding hydrogens is 300 g/mol. The quantitative estimate of drug-likeness (QED) is 0.869. The van der Waals surface area contributed by atoms with Gasteiger partial charge < -0.3 is 5.32 Å². The Morgan fingerprint density at radius 2 is 1.64 bits per heavy atom. The summed E-state index contributed by atoms with van der Waals surface area (Å²) in [6, 6.07) is 4.44. The van der Waals surface area contributed by atoms with E-state index in [1.54, 1.807) is 19.2 Å². The molecule has 0 spiro atoms. The molecule has 5 nitrogen and oxygen atoms in total. The largest absolute Gasteiger partial charge is 0.309 e. The van der Waals surface area contributed by atoms with Gasteiger partial charge in [0.15, 0.2) is 0 Å². The van der Waals surface area contributed by atoms with Crippen molar-refractivity contribution in [2.75, 3.05) is 7.05 Å². The van der Waals surface area contributed by atoms with Gasteiger partial charge in [-0.25, -0.2) is 13.1 Å². The van der Waals surface area contributed by atoms with Gasteiger partial charge in [-0.1, -0.05) is 26.8 Å². The van der Waals surface area contributed by atoms with Gasteiger partial charge in [0, 0.05) is 0 Å². The molecule has 0 bridgehead atoms. The first kappa shape index (κ1) is 18.6. The monoisotopic (exact) mass is 326 g/mol. The average molecular weight is 326 g/mol. The number of likely N-dealkylation sites (N-methyl/N-ethyl adjacent to an activating group) is 1. The first-order valence-electron chi connectivity index (χ1n) is 7.27. The fraction of sp³-hybridized carbons (Fsp3) is 0.562. The molecule has 1 unspecified atom stereocenters. The molecular formula is C16H26N2O3S. The van der Waals surface area contributed by atoms with E-state index >= 15 is 0 Å². The minimum absolute atomic E-state index is 0.0886. The van der Waals surface area contributed by atoms with Gasteiger partial charge in [-0.3, -0.25) is 4.79 Å². The molecule has 0 saturated heterocycles. The number of sulfonamides is 1. The van der Waals surface area contributed by atoms with Gasteiger partial charge in [0.05, 0.1) is 10.9 Å². The predicted octanol–water partition coefficient (Wildman–Crippen LogP) is 2.13. The van der Waals surface area contributed by atoms with Crippen LogP contribution in [0.2, 0.25) is 0 Å². The Hall–Kier alpha value is -1.40. The maximum atomic E-state index is 12.4. The molecule has 1 aromatic rings. The van der Waals surface area contributed by atoms with Crippen molar-refractivity contribution in [2.45, 2.75) is 52.0 Å². The second-order valence-electron chi connectivity index (χ2n) is 6.90. The van der Waals surface area contributed by atoms with Crippen LogP contribution in [0.1, 0.15) is 38.3 Å². The van der Waals surface area contributed by atoms with Crippen molar-refractivity contribution < 1.29 is 13.2 Å². The smallest absolute Gasteiger partial charge is 0.264 e. The third-order valence-corrected chi connectivity index (χ3v) is 4.55. The summed E-state index contributed by atoms with van der Waals surface area (Å²) in [6.45, 7) is 9.66. The van der Waals surface area contributed by atoms with Crippen LogP contribution >= 0.6 is 0 Å². The first-order valence-corrected chi connectivity index (χ1v) is 8.75. The lowest BCUT2D eigenvalue weighted by Gasteiger charge is -2.24. The lowest BCUT2D eigenvalue weighted by atomic mass is 9.88. The average Bonchev–Trinajstić information content (AvgIpc) is 2.33. The zero-order valence-electron chi connectivity index (χ0n) is 14.1. The number of nitrogens with one attached hydrogen (secondary N) is 2. The number of benzene rings is 1. The molecule has 0 aromatic heterocycles. The molecule has 1 aromatic carbocycles. The summed E-state index contributed by atoms with van der Waals surface area (Å²) in [7, 11) is -2.20. The van der Waals surface area contributed by atoms with Crippen LogP contribution < -0.4 is 10.0 Å². The molecule has 0 saturated carbocycles. The summed E-state index contributed by atoms with van der Waals surface area (Å²) in [4.78, 5) is 12.4. The number of hydrogen-bond donors (Lipinski definition) is 2. The Morgan fingerprint density at radius 3 is 2.05 bits per heavy atom. The van der Waals surface area contributed by atoms with Gasteiger partial charge in [0.2, 0.25) is 0 Å². The highest BCUT2D eigenvalue weighted by molar-refractivity contribution is 7.90.